The Morgan fingerprint density at radius 3 is 2.61 bits per heavy atom. The molecule has 0 amide bonds. The van der Waals surface area contributed by atoms with E-state index in [0.29, 0.717) is 0 Å². The summed E-state index contributed by atoms with van der Waals surface area (Å²) in [6.45, 7) is 6.28. The molecule has 0 saturated carbocycles. The Kier molecular flexibility index (Phi) is 3.75. The summed E-state index contributed by atoms with van der Waals surface area (Å²) < 4.78 is 0. The predicted molar refractivity (Wildman–Crippen MR) is 74.1 cm³/mol. The van der Waals surface area contributed by atoms with Crippen molar-refractivity contribution in [2.75, 3.05) is 0 Å². The van der Waals surface area contributed by atoms with Gasteiger partial charge in [-0.3, -0.25) is 10.8 Å². The van der Waals surface area contributed by atoms with Crippen LogP contribution in [0.15, 0.2) is 36.5 Å². The van der Waals surface area contributed by atoms with Crippen molar-refractivity contribution in [3.05, 3.63) is 64.5 Å². The molecule has 2 aromatic rings. The lowest BCUT2D eigenvalue weighted by Crippen LogP contribution is -2.30. The first-order chi connectivity index (χ1) is 8.63. The van der Waals surface area contributed by atoms with Crippen LogP contribution < -0.4 is 11.3 Å². The highest BCUT2D eigenvalue weighted by Crippen LogP contribution is 2.25. The highest BCUT2D eigenvalue weighted by Gasteiger charge is 2.16. The summed E-state index contributed by atoms with van der Waals surface area (Å²) in [7, 11) is 0. The van der Waals surface area contributed by atoms with Crippen LogP contribution in [0.2, 0.25) is 0 Å². The molecule has 1 aromatic carbocycles. The van der Waals surface area contributed by atoms with Crippen LogP contribution >= 0.6 is 0 Å². The molecule has 0 fully saturated rings. The van der Waals surface area contributed by atoms with Crippen molar-refractivity contribution in [2.24, 2.45) is 5.84 Å². The monoisotopic (exact) mass is 241 g/mol. The van der Waals surface area contributed by atoms with Crippen molar-refractivity contribution in [1.29, 1.82) is 0 Å². The number of benzene rings is 1. The molecule has 0 aliphatic rings. The molecule has 3 nitrogen and oxygen atoms in total. The quantitative estimate of drug-likeness (QED) is 0.641. The van der Waals surface area contributed by atoms with Crippen LogP contribution in [0, 0.1) is 20.8 Å². The molecule has 3 heteroatoms. The van der Waals surface area contributed by atoms with Crippen LogP contribution in [0.25, 0.3) is 0 Å². The van der Waals surface area contributed by atoms with E-state index < -0.39 is 0 Å². The zero-order chi connectivity index (χ0) is 13.1. The maximum atomic E-state index is 5.72. The minimum atomic E-state index is -0.0650. The van der Waals surface area contributed by atoms with Crippen LogP contribution in [0.5, 0.6) is 0 Å². The van der Waals surface area contributed by atoms with E-state index in [4.69, 9.17) is 5.84 Å². The molecular formula is C15H19N3. The van der Waals surface area contributed by atoms with E-state index in [1.165, 1.54) is 22.3 Å². The second-order valence-corrected chi connectivity index (χ2v) is 4.65. The van der Waals surface area contributed by atoms with Crippen molar-refractivity contribution in [1.82, 2.24) is 10.4 Å². The van der Waals surface area contributed by atoms with E-state index in [0.717, 1.165) is 5.69 Å². The van der Waals surface area contributed by atoms with Gasteiger partial charge in [0.25, 0.3) is 0 Å². The third kappa shape index (κ3) is 2.42. The number of rotatable bonds is 3. The van der Waals surface area contributed by atoms with E-state index in [2.05, 4.69) is 55.4 Å². The van der Waals surface area contributed by atoms with Crippen LogP contribution in [-0.4, -0.2) is 4.98 Å². The Balaban J connectivity index is 2.49. The lowest BCUT2D eigenvalue weighted by atomic mass is 9.95. The molecule has 0 aliphatic heterocycles. The molecule has 0 saturated heterocycles. The summed E-state index contributed by atoms with van der Waals surface area (Å²) in [5, 5.41) is 0. The number of aryl methyl sites for hydroxylation is 2. The Hall–Kier alpha value is -1.71. The number of nitrogens with zero attached hydrogens (tertiary/aromatic N) is 1. The molecule has 94 valence electrons. The molecule has 1 unspecified atom stereocenters. The van der Waals surface area contributed by atoms with Gasteiger partial charge in [-0.1, -0.05) is 18.2 Å². The van der Waals surface area contributed by atoms with Gasteiger partial charge in [0.15, 0.2) is 0 Å². The fourth-order valence-electron chi connectivity index (χ4n) is 2.14. The SMILES string of the molecule is Cc1ccnc(C(NN)c2cccc(C)c2C)c1. The maximum absolute atomic E-state index is 5.72. The number of hydrazine groups is 1. The smallest absolute Gasteiger partial charge is 0.0884 e. The van der Waals surface area contributed by atoms with Gasteiger partial charge in [0, 0.05) is 6.20 Å². The van der Waals surface area contributed by atoms with Gasteiger partial charge in [0.05, 0.1) is 11.7 Å². The van der Waals surface area contributed by atoms with Gasteiger partial charge in [-0.15, -0.1) is 0 Å². The fourth-order valence-corrected chi connectivity index (χ4v) is 2.14. The molecule has 0 radical (unpaired) electrons. The largest absolute Gasteiger partial charge is 0.271 e. The van der Waals surface area contributed by atoms with Crippen LogP contribution in [0.3, 0.4) is 0 Å². The molecule has 0 aliphatic carbocycles. The van der Waals surface area contributed by atoms with Gasteiger partial charge in [-0.2, -0.15) is 0 Å². The third-order valence-corrected chi connectivity index (χ3v) is 3.36. The number of nitrogens with two attached hydrogens (primary N) is 1. The van der Waals surface area contributed by atoms with E-state index in [-0.39, 0.29) is 6.04 Å². The second-order valence-electron chi connectivity index (χ2n) is 4.65. The normalized spacial score (nSPS) is 12.4. The summed E-state index contributed by atoms with van der Waals surface area (Å²) in [5.74, 6) is 5.72. The molecule has 1 aromatic heterocycles. The summed E-state index contributed by atoms with van der Waals surface area (Å²) >= 11 is 0. The van der Waals surface area contributed by atoms with E-state index >= 15 is 0 Å². The van der Waals surface area contributed by atoms with Gasteiger partial charge in [0.2, 0.25) is 0 Å². The van der Waals surface area contributed by atoms with Crippen LogP contribution in [0.1, 0.15) is 34.0 Å². The highest BCUT2D eigenvalue weighted by molar-refractivity contribution is 5.39. The number of aromatic nitrogens is 1. The molecular weight excluding hydrogens is 222 g/mol. The zero-order valence-corrected chi connectivity index (χ0v) is 11.1. The number of hydrogen-bond acceptors (Lipinski definition) is 3. The van der Waals surface area contributed by atoms with Crippen LogP contribution in [0.4, 0.5) is 0 Å². The maximum Gasteiger partial charge on any atom is 0.0884 e. The number of hydrogen-bond donors (Lipinski definition) is 2. The Morgan fingerprint density at radius 2 is 1.94 bits per heavy atom. The molecule has 18 heavy (non-hydrogen) atoms. The molecule has 0 bridgehead atoms. The zero-order valence-electron chi connectivity index (χ0n) is 11.1. The topological polar surface area (TPSA) is 50.9 Å². The molecule has 1 heterocycles. The summed E-state index contributed by atoms with van der Waals surface area (Å²) in [6, 6.07) is 10.2. The van der Waals surface area contributed by atoms with E-state index in [9.17, 15) is 0 Å². The van der Waals surface area contributed by atoms with Crippen molar-refractivity contribution in [3.8, 4) is 0 Å². The average molecular weight is 241 g/mol. The minimum Gasteiger partial charge on any atom is -0.271 e. The summed E-state index contributed by atoms with van der Waals surface area (Å²) in [6.07, 6.45) is 1.82. The van der Waals surface area contributed by atoms with Gasteiger partial charge in [-0.05, 0) is 55.2 Å². The third-order valence-electron chi connectivity index (χ3n) is 3.36. The first kappa shape index (κ1) is 12.7. The van der Waals surface area contributed by atoms with Crippen molar-refractivity contribution >= 4 is 0 Å². The molecule has 2 rings (SSSR count). The van der Waals surface area contributed by atoms with Gasteiger partial charge < -0.3 is 0 Å². The van der Waals surface area contributed by atoms with E-state index in [1.807, 2.05) is 12.3 Å². The summed E-state index contributed by atoms with van der Waals surface area (Å²) in [5.41, 5.74) is 8.70. The minimum absolute atomic E-state index is 0.0650. The van der Waals surface area contributed by atoms with Gasteiger partial charge in [0.1, 0.15) is 0 Å². The van der Waals surface area contributed by atoms with Crippen molar-refractivity contribution in [2.45, 2.75) is 26.8 Å². The molecule has 1 atom stereocenters. The number of nitrogens with one attached hydrogen (secondary N) is 1. The first-order valence-corrected chi connectivity index (χ1v) is 6.08. The first-order valence-electron chi connectivity index (χ1n) is 6.08. The van der Waals surface area contributed by atoms with Gasteiger partial charge in [-0.25, -0.2) is 5.43 Å². The Bertz CT molecular complexity index is 549. The Morgan fingerprint density at radius 1 is 1.17 bits per heavy atom. The lowest BCUT2D eigenvalue weighted by molar-refractivity contribution is 0.616. The second kappa shape index (κ2) is 5.29. The van der Waals surface area contributed by atoms with E-state index in [1.54, 1.807) is 0 Å². The Labute approximate surface area is 108 Å². The number of pyridine rings is 1. The van der Waals surface area contributed by atoms with Crippen molar-refractivity contribution in [3.63, 3.8) is 0 Å². The predicted octanol–water partition coefficient (Wildman–Crippen LogP) is 2.56. The standard InChI is InChI=1S/C15H19N3/c1-10-7-8-17-14(9-10)15(18-16)13-6-4-5-11(2)12(13)3/h4-9,15,18H,16H2,1-3H3. The van der Waals surface area contributed by atoms with Gasteiger partial charge >= 0.3 is 0 Å². The molecule has 3 N–H and O–H groups in total. The molecule has 0 spiro atoms. The van der Waals surface area contributed by atoms with Crippen LogP contribution in [-0.2, 0) is 0 Å². The average Bonchev–Trinajstić information content (AvgIpc) is 2.35. The fraction of sp³-hybridized carbons (Fsp3) is 0.267. The lowest BCUT2D eigenvalue weighted by Gasteiger charge is -2.19. The highest BCUT2D eigenvalue weighted by atomic mass is 15.2. The van der Waals surface area contributed by atoms with Crippen molar-refractivity contribution < 1.29 is 0 Å². The summed E-state index contributed by atoms with van der Waals surface area (Å²) in [4.78, 5) is 4.42.